The Labute approximate surface area is 108 Å². The van der Waals surface area contributed by atoms with Crippen molar-refractivity contribution in [2.24, 2.45) is 0 Å². The minimum Gasteiger partial charge on any atom is -0.423 e. The van der Waals surface area contributed by atoms with Crippen molar-refractivity contribution in [2.75, 3.05) is 18.1 Å². The minimum absolute atomic E-state index is 0.197. The monoisotopic (exact) mass is 263 g/mol. The molecule has 0 aliphatic carbocycles. The predicted molar refractivity (Wildman–Crippen MR) is 69.5 cm³/mol. The molecule has 1 saturated heterocycles. The Morgan fingerprint density at radius 3 is 3.16 bits per heavy atom. The molecule has 0 aromatic carbocycles. The van der Waals surface area contributed by atoms with Gasteiger partial charge >= 0.3 is 0 Å². The van der Waals surface area contributed by atoms with Crippen LogP contribution in [0.1, 0.15) is 12.8 Å². The summed E-state index contributed by atoms with van der Waals surface area (Å²) < 4.78 is 13.6. The molecule has 1 fully saturated rings. The average molecular weight is 263 g/mol. The van der Waals surface area contributed by atoms with Gasteiger partial charge in [-0.25, -0.2) is 9.37 Å². The second kappa shape index (κ2) is 4.53. The molecule has 100 valence electrons. The van der Waals surface area contributed by atoms with Crippen LogP contribution in [0.15, 0.2) is 29.2 Å². The van der Waals surface area contributed by atoms with Gasteiger partial charge in [0.1, 0.15) is 6.67 Å². The topological polar surface area (TPSA) is 58.4 Å². The maximum atomic E-state index is 13.0. The van der Waals surface area contributed by atoms with Crippen LogP contribution in [0, 0.1) is 0 Å². The lowest BCUT2D eigenvalue weighted by molar-refractivity contribution is 0.186. The molecule has 5 nitrogen and oxygen atoms in total. The quantitative estimate of drug-likeness (QED) is 0.836. The Bertz CT molecular complexity index is 670. The number of aromatic nitrogens is 2. The van der Waals surface area contributed by atoms with E-state index in [4.69, 9.17) is 0 Å². The molecule has 6 heteroatoms. The Hall–Kier alpha value is -2.11. The molecule has 0 spiro atoms. The molecule has 1 N–H and O–H groups in total. The lowest BCUT2D eigenvalue weighted by Gasteiger charge is -2.25. The maximum Gasteiger partial charge on any atom is 0.286 e. The smallest absolute Gasteiger partial charge is 0.286 e. The molecule has 2 aromatic rings. The maximum absolute atomic E-state index is 13.0. The van der Waals surface area contributed by atoms with Crippen LogP contribution in [0.3, 0.4) is 0 Å². The van der Waals surface area contributed by atoms with E-state index in [0.717, 1.165) is 12.8 Å². The van der Waals surface area contributed by atoms with E-state index in [1.165, 1.54) is 12.3 Å². The Kier molecular flexibility index (Phi) is 2.85. The van der Waals surface area contributed by atoms with Crippen LogP contribution in [0.25, 0.3) is 11.0 Å². The molecule has 3 heterocycles. The number of alkyl halides is 1. The molecule has 0 unspecified atom stereocenters. The second-order valence-electron chi connectivity index (χ2n) is 4.70. The van der Waals surface area contributed by atoms with E-state index in [2.05, 4.69) is 4.98 Å². The third kappa shape index (κ3) is 1.83. The van der Waals surface area contributed by atoms with Gasteiger partial charge in [0.15, 0.2) is 5.65 Å². The average Bonchev–Trinajstić information content (AvgIpc) is 2.91. The second-order valence-corrected chi connectivity index (χ2v) is 4.70. The van der Waals surface area contributed by atoms with Crippen molar-refractivity contribution in [1.29, 1.82) is 0 Å². The summed E-state index contributed by atoms with van der Waals surface area (Å²) in [5.74, 6) is 0. The number of anilines is 1. The highest BCUT2D eigenvalue weighted by Crippen LogP contribution is 2.30. The number of pyridine rings is 2. The fourth-order valence-electron chi connectivity index (χ4n) is 2.68. The van der Waals surface area contributed by atoms with Crippen molar-refractivity contribution < 1.29 is 9.60 Å². The summed E-state index contributed by atoms with van der Waals surface area (Å²) in [6.07, 6.45) is 3.19. The van der Waals surface area contributed by atoms with Crippen LogP contribution < -0.4 is 10.5 Å². The first kappa shape index (κ1) is 12.0. The fourth-order valence-corrected chi connectivity index (χ4v) is 2.68. The van der Waals surface area contributed by atoms with Crippen molar-refractivity contribution >= 4 is 16.7 Å². The van der Waals surface area contributed by atoms with E-state index in [1.807, 2.05) is 4.90 Å². The largest absolute Gasteiger partial charge is 0.423 e. The summed E-state index contributed by atoms with van der Waals surface area (Å²) in [4.78, 5) is 17.7. The highest BCUT2D eigenvalue weighted by atomic mass is 19.1. The molecule has 1 aliphatic rings. The van der Waals surface area contributed by atoms with E-state index in [9.17, 15) is 14.4 Å². The molecular formula is C13H14FN3O2. The van der Waals surface area contributed by atoms with Crippen LogP contribution in [0.2, 0.25) is 0 Å². The lowest BCUT2D eigenvalue weighted by Crippen LogP contribution is -2.32. The molecule has 0 radical (unpaired) electrons. The first-order valence-electron chi connectivity index (χ1n) is 6.25. The molecule has 0 saturated carbocycles. The highest BCUT2D eigenvalue weighted by Gasteiger charge is 2.27. The third-order valence-corrected chi connectivity index (χ3v) is 3.60. The van der Waals surface area contributed by atoms with Crippen molar-refractivity contribution in [3.8, 4) is 0 Å². The summed E-state index contributed by atoms with van der Waals surface area (Å²) in [5, 5.41) is 10.4. The molecule has 1 aliphatic heterocycles. The van der Waals surface area contributed by atoms with Gasteiger partial charge in [0, 0.05) is 24.2 Å². The summed E-state index contributed by atoms with van der Waals surface area (Å²) in [6.45, 7) is 0.275. The zero-order valence-corrected chi connectivity index (χ0v) is 10.3. The van der Waals surface area contributed by atoms with Crippen LogP contribution in [0.4, 0.5) is 10.1 Å². The van der Waals surface area contributed by atoms with Gasteiger partial charge in [0.05, 0.1) is 11.7 Å². The van der Waals surface area contributed by atoms with Gasteiger partial charge in [-0.3, -0.25) is 4.79 Å². The SMILES string of the molecule is O=c1cc(N2CCC[C@@H]2CF)c2cccnc2n1O. The van der Waals surface area contributed by atoms with Crippen LogP contribution in [-0.4, -0.2) is 34.2 Å². The van der Waals surface area contributed by atoms with Crippen molar-refractivity contribution in [1.82, 2.24) is 9.71 Å². The number of halogens is 1. The summed E-state index contributed by atoms with van der Waals surface area (Å²) in [5.41, 5.74) is 0.304. The Balaban J connectivity index is 2.24. The van der Waals surface area contributed by atoms with Crippen molar-refractivity contribution in [3.05, 3.63) is 34.7 Å². The van der Waals surface area contributed by atoms with Gasteiger partial charge in [0.2, 0.25) is 0 Å². The van der Waals surface area contributed by atoms with E-state index in [-0.39, 0.29) is 11.7 Å². The van der Waals surface area contributed by atoms with E-state index >= 15 is 0 Å². The molecular weight excluding hydrogens is 249 g/mol. The van der Waals surface area contributed by atoms with Gasteiger partial charge in [0.25, 0.3) is 5.56 Å². The molecule has 0 amide bonds. The first-order valence-corrected chi connectivity index (χ1v) is 6.25. The van der Waals surface area contributed by atoms with Gasteiger partial charge in [-0.05, 0) is 25.0 Å². The van der Waals surface area contributed by atoms with Gasteiger partial charge in [-0.15, -0.1) is 4.73 Å². The summed E-state index contributed by atoms with van der Waals surface area (Å²) in [6, 6.07) is 4.66. The Morgan fingerprint density at radius 2 is 2.37 bits per heavy atom. The lowest BCUT2D eigenvalue weighted by atomic mass is 10.2. The predicted octanol–water partition coefficient (Wildman–Crippen LogP) is 1.57. The minimum atomic E-state index is -0.550. The van der Waals surface area contributed by atoms with Crippen molar-refractivity contribution in [2.45, 2.75) is 18.9 Å². The highest BCUT2D eigenvalue weighted by molar-refractivity contribution is 5.89. The molecule has 0 bridgehead atoms. The third-order valence-electron chi connectivity index (χ3n) is 3.60. The van der Waals surface area contributed by atoms with Crippen LogP contribution in [-0.2, 0) is 0 Å². The van der Waals surface area contributed by atoms with E-state index in [0.29, 0.717) is 22.3 Å². The fraction of sp³-hybridized carbons (Fsp3) is 0.385. The zero-order chi connectivity index (χ0) is 13.4. The van der Waals surface area contributed by atoms with E-state index < -0.39 is 12.2 Å². The number of hydrogen-bond acceptors (Lipinski definition) is 4. The van der Waals surface area contributed by atoms with E-state index in [1.54, 1.807) is 12.1 Å². The standard InChI is InChI=1S/C13H14FN3O2/c14-8-9-3-2-6-16(9)11-7-12(18)17(19)13-10(11)4-1-5-15-13/h1,4-5,7,9,19H,2-3,6,8H2/t9-/m1/s1. The zero-order valence-electron chi connectivity index (χ0n) is 10.3. The molecule has 1 atom stereocenters. The molecule has 19 heavy (non-hydrogen) atoms. The number of rotatable bonds is 2. The van der Waals surface area contributed by atoms with Crippen LogP contribution in [0.5, 0.6) is 0 Å². The van der Waals surface area contributed by atoms with Crippen molar-refractivity contribution in [3.63, 3.8) is 0 Å². The summed E-state index contributed by atoms with van der Waals surface area (Å²) in [7, 11) is 0. The Morgan fingerprint density at radius 1 is 1.53 bits per heavy atom. The van der Waals surface area contributed by atoms with Crippen LogP contribution >= 0.6 is 0 Å². The molecule has 2 aromatic heterocycles. The normalized spacial score (nSPS) is 19.2. The van der Waals surface area contributed by atoms with Gasteiger partial charge in [-0.2, -0.15) is 0 Å². The number of nitrogens with zero attached hydrogens (tertiary/aromatic N) is 3. The summed E-state index contributed by atoms with van der Waals surface area (Å²) >= 11 is 0. The van der Waals surface area contributed by atoms with Gasteiger partial charge in [-0.1, -0.05) is 0 Å². The number of fused-ring (bicyclic) bond motifs is 1. The molecule has 3 rings (SSSR count). The number of hydrogen-bond donors (Lipinski definition) is 1. The first-order chi connectivity index (χ1) is 9.22. The van der Waals surface area contributed by atoms with Gasteiger partial charge < -0.3 is 10.1 Å².